The summed E-state index contributed by atoms with van der Waals surface area (Å²) in [5.74, 6) is -1.01. The lowest BCUT2D eigenvalue weighted by Crippen LogP contribution is -2.32. The molecule has 2 aromatic carbocycles. The quantitative estimate of drug-likeness (QED) is 0.363. The number of rotatable bonds is 8. The molecule has 2 heterocycles. The van der Waals surface area contributed by atoms with Crippen LogP contribution in [0.3, 0.4) is 0 Å². The van der Waals surface area contributed by atoms with E-state index in [1.807, 2.05) is 37.3 Å². The lowest BCUT2D eigenvalue weighted by atomic mass is 10.1. The summed E-state index contributed by atoms with van der Waals surface area (Å²) in [6.07, 6.45) is 4.50. The van der Waals surface area contributed by atoms with Crippen molar-refractivity contribution in [3.63, 3.8) is 0 Å². The largest absolute Gasteiger partial charge is 0.492 e. The molecule has 2 aromatic heterocycles. The summed E-state index contributed by atoms with van der Waals surface area (Å²) in [5, 5.41) is 10.7. The van der Waals surface area contributed by atoms with Crippen LogP contribution in [0.1, 0.15) is 44.1 Å². The predicted molar refractivity (Wildman–Crippen MR) is 134 cm³/mol. The Morgan fingerprint density at radius 3 is 2.36 bits per heavy atom. The van der Waals surface area contributed by atoms with Gasteiger partial charge in [-0.2, -0.15) is 4.98 Å². The third-order valence-electron chi connectivity index (χ3n) is 6.02. The van der Waals surface area contributed by atoms with Crippen molar-refractivity contribution in [2.45, 2.75) is 48.9 Å². The molecule has 0 bridgehead atoms. The average molecular weight is 508 g/mol. The summed E-state index contributed by atoms with van der Waals surface area (Å²) >= 11 is 0. The van der Waals surface area contributed by atoms with E-state index in [0.29, 0.717) is 23.4 Å². The zero-order valence-electron chi connectivity index (χ0n) is 19.9. The summed E-state index contributed by atoms with van der Waals surface area (Å²) < 4.78 is 41.9. The Hall–Kier alpha value is -3.85. The molecule has 0 saturated carbocycles. The van der Waals surface area contributed by atoms with Crippen LogP contribution in [0, 0.1) is 5.82 Å². The Morgan fingerprint density at radius 1 is 1.03 bits per heavy atom. The lowest BCUT2D eigenvalue weighted by molar-refractivity contribution is 0.412. The average Bonchev–Trinajstić information content (AvgIpc) is 2.87. The van der Waals surface area contributed by atoms with Crippen LogP contribution in [0.25, 0.3) is 11.1 Å². The lowest BCUT2D eigenvalue weighted by Gasteiger charge is -2.21. The van der Waals surface area contributed by atoms with Gasteiger partial charge in [-0.3, -0.25) is 14.3 Å². The first-order chi connectivity index (χ1) is 17.2. The summed E-state index contributed by atoms with van der Waals surface area (Å²) in [6, 6.07) is 15.6. The monoisotopic (exact) mass is 507 g/mol. The van der Waals surface area contributed by atoms with Crippen LogP contribution < -0.4 is 5.56 Å². The number of sulfone groups is 1. The maximum Gasteiger partial charge on any atom is 0.277 e. The van der Waals surface area contributed by atoms with Gasteiger partial charge in [0.25, 0.3) is 5.56 Å². The first-order valence-corrected chi connectivity index (χ1v) is 13.1. The molecule has 0 radical (unpaired) electrons. The van der Waals surface area contributed by atoms with Crippen LogP contribution in [0.4, 0.5) is 4.39 Å². The van der Waals surface area contributed by atoms with Crippen molar-refractivity contribution < 1.29 is 17.9 Å². The molecule has 7 nitrogen and oxygen atoms in total. The number of aromatic hydroxyl groups is 1. The molecule has 4 rings (SSSR count). The van der Waals surface area contributed by atoms with Gasteiger partial charge in [-0.25, -0.2) is 12.8 Å². The van der Waals surface area contributed by atoms with E-state index in [4.69, 9.17) is 0 Å². The van der Waals surface area contributed by atoms with Crippen LogP contribution in [0.15, 0.2) is 87.6 Å². The number of pyridine rings is 1. The molecule has 0 amide bonds. The molecule has 1 N–H and O–H groups in total. The molecule has 0 aliphatic heterocycles. The molecule has 186 valence electrons. The second-order valence-electron chi connectivity index (χ2n) is 8.47. The number of aryl methyl sites for hydroxylation is 1. The fraction of sp³-hybridized carbons (Fsp3) is 0.222. The maximum atomic E-state index is 13.7. The molecule has 9 heteroatoms. The van der Waals surface area contributed by atoms with Gasteiger partial charge in [-0.05, 0) is 42.7 Å². The topological polar surface area (TPSA) is 102 Å². The molecule has 0 saturated heterocycles. The molecular formula is C27H26FN3O4S. The van der Waals surface area contributed by atoms with Crippen molar-refractivity contribution in [3.05, 3.63) is 101 Å². The minimum Gasteiger partial charge on any atom is -0.492 e. The van der Waals surface area contributed by atoms with E-state index >= 15 is 0 Å². The van der Waals surface area contributed by atoms with Gasteiger partial charge < -0.3 is 5.11 Å². The smallest absolute Gasteiger partial charge is 0.277 e. The zero-order chi connectivity index (χ0) is 25.9. The van der Waals surface area contributed by atoms with Crippen molar-refractivity contribution in [2.75, 3.05) is 0 Å². The van der Waals surface area contributed by atoms with Crippen LogP contribution in [-0.2, 0) is 16.3 Å². The number of nitrogens with zero attached hydrogens (tertiary/aromatic N) is 3. The van der Waals surface area contributed by atoms with Gasteiger partial charge >= 0.3 is 0 Å². The highest BCUT2D eigenvalue weighted by molar-refractivity contribution is 7.91. The second kappa shape index (κ2) is 10.4. The Bertz CT molecular complexity index is 1540. The SMILES string of the molecule is CCCCc1nc(O)c(S(=O)(=O)c2ccc(-c3cncc(F)c3)cc2)c(=O)n1[C@H](C)c1ccccc1. The highest BCUT2D eigenvalue weighted by atomic mass is 32.2. The molecule has 0 unspecified atom stereocenters. The van der Waals surface area contributed by atoms with Crippen LogP contribution >= 0.6 is 0 Å². The first-order valence-electron chi connectivity index (χ1n) is 11.6. The first kappa shape index (κ1) is 25.2. The van der Waals surface area contributed by atoms with Gasteiger partial charge in [0, 0.05) is 18.2 Å². The van der Waals surface area contributed by atoms with Crippen molar-refractivity contribution >= 4 is 9.84 Å². The number of aromatic nitrogens is 3. The Balaban J connectivity index is 1.83. The summed E-state index contributed by atoms with van der Waals surface area (Å²) in [6.45, 7) is 3.79. The van der Waals surface area contributed by atoms with Gasteiger partial charge in [0.2, 0.25) is 15.7 Å². The van der Waals surface area contributed by atoms with Gasteiger partial charge in [0.15, 0.2) is 4.90 Å². The number of hydrogen-bond donors (Lipinski definition) is 1. The Labute approximate surface area is 208 Å². The van der Waals surface area contributed by atoms with Crippen molar-refractivity contribution in [2.24, 2.45) is 0 Å². The number of halogens is 1. The molecule has 0 fully saturated rings. The van der Waals surface area contributed by atoms with E-state index in [1.54, 1.807) is 6.92 Å². The van der Waals surface area contributed by atoms with Crippen molar-refractivity contribution in [1.82, 2.24) is 14.5 Å². The third-order valence-corrected chi connectivity index (χ3v) is 7.81. The summed E-state index contributed by atoms with van der Waals surface area (Å²) in [7, 11) is -4.42. The number of hydrogen-bond acceptors (Lipinski definition) is 6. The van der Waals surface area contributed by atoms with Gasteiger partial charge in [0.05, 0.1) is 17.1 Å². The standard InChI is InChI=1S/C27H26FN3O4S/c1-3-4-10-24-30-26(32)25(27(33)31(24)18(2)19-8-6-5-7-9-19)36(34,35)23-13-11-20(12-14-23)21-15-22(28)17-29-16-21/h5-9,11-18,32H,3-4,10H2,1-2H3/t18-/m1/s1. The molecule has 36 heavy (non-hydrogen) atoms. The molecular weight excluding hydrogens is 481 g/mol. The highest BCUT2D eigenvalue weighted by Crippen LogP contribution is 2.29. The third kappa shape index (κ3) is 4.92. The number of benzene rings is 2. The van der Waals surface area contributed by atoms with Crippen molar-refractivity contribution in [3.8, 4) is 17.0 Å². The predicted octanol–water partition coefficient (Wildman–Crippen LogP) is 4.93. The molecule has 0 spiro atoms. The van der Waals surface area contributed by atoms with Gasteiger partial charge in [0.1, 0.15) is 11.6 Å². The van der Waals surface area contributed by atoms with Crippen LogP contribution in [0.2, 0.25) is 0 Å². The molecule has 1 atom stereocenters. The highest BCUT2D eigenvalue weighted by Gasteiger charge is 2.31. The van der Waals surface area contributed by atoms with Crippen LogP contribution in [0.5, 0.6) is 5.88 Å². The van der Waals surface area contributed by atoms with E-state index in [-0.39, 0.29) is 4.90 Å². The van der Waals surface area contributed by atoms with Gasteiger partial charge in [-0.15, -0.1) is 0 Å². The minimum absolute atomic E-state index is 0.190. The van der Waals surface area contributed by atoms with E-state index in [2.05, 4.69) is 9.97 Å². The normalized spacial score (nSPS) is 12.4. The summed E-state index contributed by atoms with van der Waals surface area (Å²) in [4.78, 5) is 20.7. The second-order valence-corrected chi connectivity index (χ2v) is 10.4. The number of unbranched alkanes of at least 4 members (excludes halogenated alkanes) is 1. The van der Waals surface area contributed by atoms with E-state index in [9.17, 15) is 22.7 Å². The minimum atomic E-state index is -4.42. The fourth-order valence-electron chi connectivity index (χ4n) is 4.09. The van der Waals surface area contributed by atoms with E-state index in [1.165, 1.54) is 41.1 Å². The Kier molecular flexibility index (Phi) is 7.30. The van der Waals surface area contributed by atoms with Crippen LogP contribution in [-0.4, -0.2) is 28.1 Å². The molecule has 0 aliphatic rings. The maximum absolute atomic E-state index is 13.7. The summed E-state index contributed by atoms with van der Waals surface area (Å²) in [5.41, 5.74) is 1.00. The Morgan fingerprint density at radius 2 is 1.72 bits per heavy atom. The zero-order valence-corrected chi connectivity index (χ0v) is 20.7. The van der Waals surface area contributed by atoms with E-state index in [0.717, 1.165) is 24.6 Å². The molecule has 4 aromatic rings. The van der Waals surface area contributed by atoms with Gasteiger partial charge in [-0.1, -0.05) is 55.8 Å². The van der Waals surface area contributed by atoms with E-state index < -0.39 is 38.0 Å². The molecule has 0 aliphatic carbocycles. The fourth-order valence-corrected chi connectivity index (χ4v) is 5.43. The van der Waals surface area contributed by atoms with Crippen molar-refractivity contribution in [1.29, 1.82) is 0 Å².